The first-order chi connectivity index (χ1) is 9.95. The lowest BCUT2D eigenvalue weighted by molar-refractivity contribution is -0.123. The van der Waals surface area contributed by atoms with Crippen LogP contribution in [0.15, 0.2) is 0 Å². The fraction of sp³-hybridized carbons (Fsp3) is 0.867. The second-order valence-electron chi connectivity index (χ2n) is 5.81. The molecule has 0 aromatic heterocycles. The molecule has 1 rings (SSSR count). The number of carbonyl (C=O) groups is 1. The van der Waals surface area contributed by atoms with Crippen molar-refractivity contribution in [3.8, 4) is 0 Å². The average Bonchev–Trinajstić information content (AvgIpc) is 2.51. The van der Waals surface area contributed by atoms with Crippen LogP contribution in [-0.2, 0) is 9.53 Å². The van der Waals surface area contributed by atoms with Crippen LogP contribution in [0.3, 0.4) is 0 Å². The number of nitrogens with one attached hydrogen (secondary N) is 1. The third-order valence-corrected chi connectivity index (χ3v) is 4.74. The van der Waals surface area contributed by atoms with Gasteiger partial charge in [0, 0.05) is 24.5 Å². The molecule has 1 aliphatic rings. The topological polar surface area (TPSA) is 67.6 Å². The average molecular weight is 315 g/mol. The quantitative estimate of drug-likeness (QED) is 0.653. The van der Waals surface area contributed by atoms with Gasteiger partial charge in [0.15, 0.2) is 0 Å². The number of ether oxygens (including phenoxy) is 1. The first-order valence-corrected chi connectivity index (χ1v) is 8.25. The zero-order valence-electron chi connectivity index (χ0n) is 13.4. The molecular formula is C15H29N3O2S. The molecular weight excluding hydrogens is 286 g/mol. The molecule has 1 aliphatic heterocycles. The van der Waals surface area contributed by atoms with Crippen LogP contribution >= 0.6 is 12.2 Å². The number of hydrogen-bond donors (Lipinski definition) is 2. The Morgan fingerprint density at radius 2 is 2.00 bits per heavy atom. The molecule has 1 heterocycles. The standard InChI is InChI=1S/C15H29N3O2S/c1-4-11(2)14(16)15(19)17-12(3)13(21)5-6-18-7-9-20-10-8-18/h11-12,14H,4-10,16H2,1-3H3,(H,17,19). The molecule has 0 radical (unpaired) electrons. The van der Waals surface area contributed by atoms with Crippen molar-refractivity contribution < 1.29 is 9.53 Å². The van der Waals surface area contributed by atoms with Crippen molar-refractivity contribution in [2.75, 3.05) is 32.8 Å². The lowest BCUT2D eigenvalue weighted by Crippen LogP contribution is -2.49. The van der Waals surface area contributed by atoms with Crippen LogP contribution in [0.5, 0.6) is 0 Å². The Balaban J connectivity index is 2.31. The minimum Gasteiger partial charge on any atom is -0.379 e. The molecule has 0 saturated carbocycles. The van der Waals surface area contributed by atoms with E-state index in [9.17, 15) is 4.79 Å². The molecule has 0 aromatic carbocycles. The monoisotopic (exact) mass is 315 g/mol. The largest absolute Gasteiger partial charge is 0.379 e. The summed E-state index contributed by atoms with van der Waals surface area (Å²) < 4.78 is 5.32. The Morgan fingerprint density at radius 3 is 2.57 bits per heavy atom. The molecule has 1 amide bonds. The first-order valence-electron chi connectivity index (χ1n) is 7.84. The van der Waals surface area contributed by atoms with Crippen molar-refractivity contribution in [3.05, 3.63) is 0 Å². The fourth-order valence-corrected chi connectivity index (χ4v) is 2.36. The van der Waals surface area contributed by atoms with Crippen molar-refractivity contribution in [1.29, 1.82) is 0 Å². The normalized spacial score (nSPS) is 20.6. The molecule has 0 aliphatic carbocycles. The molecule has 0 spiro atoms. The van der Waals surface area contributed by atoms with E-state index >= 15 is 0 Å². The highest BCUT2D eigenvalue weighted by molar-refractivity contribution is 7.80. The van der Waals surface area contributed by atoms with E-state index in [1.165, 1.54) is 0 Å². The molecule has 1 fully saturated rings. The molecule has 6 heteroatoms. The minimum atomic E-state index is -0.459. The Morgan fingerprint density at radius 1 is 1.38 bits per heavy atom. The minimum absolute atomic E-state index is 0.106. The zero-order valence-corrected chi connectivity index (χ0v) is 14.2. The van der Waals surface area contributed by atoms with Gasteiger partial charge in [-0.2, -0.15) is 0 Å². The van der Waals surface area contributed by atoms with E-state index in [0.717, 1.165) is 50.6 Å². The number of amides is 1. The second kappa shape index (κ2) is 9.46. The van der Waals surface area contributed by atoms with Gasteiger partial charge in [-0.15, -0.1) is 0 Å². The van der Waals surface area contributed by atoms with Gasteiger partial charge in [-0.25, -0.2) is 0 Å². The molecule has 122 valence electrons. The number of rotatable bonds is 8. The van der Waals surface area contributed by atoms with Gasteiger partial charge in [0.25, 0.3) is 0 Å². The van der Waals surface area contributed by atoms with E-state index in [4.69, 9.17) is 22.7 Å². The van der Waals surface area contributed by atoms with Gasteiger partial charge in [-0.1, -0.05) is 32.5 Å². The van der Waals surface area contributed by atoms with Gasteiger partial charge < -0.3 is 15.8 Å². The lowest BCUT2D eigenvalue weighted by atomic mass is 9.99. The molecule has 5 nitrogen and oxygen atoms in total. The number of thiocarbonyl (C=S) groups is 1. The summed E-state index contributed by atoms with van der Waals surface area (Å²) in [5, 5.41) is 2.93. The highest BCUT2D eigenvalue weighted by atomic mass is 32.1. The van der Waals surface area contributed by atoms with Crippen LogP contribution in [0.1, 0.15) is 33.6 Å². The Hall–Kier alpha value is -0.560. The summed E-state index contributed by atoms with van der Waals surface area (Å²) >= 11 is 5.43. The molecule has 3 N–H and O–H groups in total. The molecule has 0 bridgehead atoms. The summed E-state index contributed by atoms with van der Waals surface area (Å²) in [6, 6.07) is -0.567. The molecule has 0 aromatic rings. The van der Waals surface area contributed by atoms with Crippen LogP contribution in [0.25, 0.3) is 0 Å². The van der Waals surface area contributed by atoms with Gasteiger partial charge >= 0.3 is 0 Å². The Kier molecular flexibility index (Phi) is 8.33. The molecule has 3 atom stereocenters. The van der Waals surface area contributed by atoms with E-state index in [1.54, 1.807) is 0 Å². The van der Waals surface area contributed by atoms with Crippen molar-refractivity contribution in [2.45, 2.75) is 45.7 Å². The first kappa shape index (κ1) is 18.5. The maximum Gasteiger partial charge on any atom is 0.237 e. The molecule has 1 saturated heterocycles. The highest BCUT2D eigenvalue weighted by Gasteiger charge is 2.22. The SMILES string of the molecule is CCC(C)C(N)C(=O)NC(C)C(=S)CCN1CCOCC1. The number of nitrogens with two attached hydrogens (primary N) is 1. The van der Waals surface area contributed by atoms with Crippen LogP contribution in [0.2, 0.25) is 0 Å². The van der Waals surface area contributed by atoms with Gasteiger partial charge in [0.1, 0.15) is 0 Å². The van der Waals surface area contributed by atoms with Gasteiger partial charge in [0.05, 0.1) is 25.3 Å². The predicted octanol–water partition coefficient (Wildman–Crippen LogP) is 0.957. The predicted molar refractivity (Wildman–Crippen MR) is 89.5 cm³/mol. The number of nitrogens with zero attached hydrogens (tertiary/aromatic N) is 1. The lowest BCUT2D eigenvalue weighted by Gasteiger charge is -2.27. The zero-order chi connectivity index (χ0) is 15.8. The molecule has 21 heavy (non-hydrogen) atoms. The fourth-order valence-electron chi connectivity index (χ4n) is 2.21. The summed E-state index contributed by atoms with van der Waals surface area (Å²) in [6.07, 6.45) is 1.71. The van der Waals surface area contributed by atoms with E-state index in [1.807, 2.05) is 20.8 Å². The van der Waals surface area contributed by atoms with Crippen LogP contribution in [0.4, 0.5) is 0 Å². The van der Waals surface area contributed by atoms with Crippen molar-refractivity contribution in [1.82, 2.24) is 10.2 Å². The van der Waals surface area contributed by atoms with Crippen molar-refractivity contribution >= 4 is 23.0 Å². The van der Waals surface area contributed by atoms with E-state index < -0.39 is 6.04 Å². The Labute approximate surface area is 133 Å². The third kappa shape index (κ3) is 6.38. The number of hydrogen-bond acceptors (Lipinski definition) is 5. The summed E-state index contributed by atoms with van der Waals surface area (Å²) in [7, 11) is 0. The smallest absolute Gasteiger partial charge is 0.237 e. The van der Waals surface area contributed by atoms with E-state index in [0.29, 0.717) is 0 Å². The van der Waals surface area contributed by atoms with Crippen molar-refractivity contribution in [2.24, 2.45) is 11.7 Å². The maximum atomic E-state index is 12.0. The summed E-state index contributed by atoms with van der Waals surface area (Å²) in [5.41, 5.74) is 5.93. The van der Waals surface area contributed by atoms with Crippen LogP contribution in [0, 0.1) is 5.92 Å². The summed E-state index contributed by atoms with van der Waals surface area (Å²) in [4.78, 5) is 15.3. The second-order valence-corrected chi connectivity index (χ2v) is 6.34. The van der Waals surface area contributed by atoms with Gasteiger partial charge in [-0.3, -0.25) is 9.69 Å². The highest BCUT2D eigenvalue weighted by Crippen LogP contribution is 2.06. The molecule has 3 unspecified atom stereocenters. The van der Waals surface area contributed by atoms with Gasteiger partial charge in [-0.05, 0) is 19.3 Å². The number of morpholine rings is 1. The van der Waals surface area contributed by atoms with E-state index in [2.05, 4.69) is 10.2 Å². The number of carbonyl (C=O) groups excluding carboxylic acids is 1. The van der Waals surface area contributed by atoms with Crippen LogP contribution in [-0.4, -0.2) is 60.6 Å². The van der Waals surface area contributed by atoms with Crippen molar-refractivity contribution in [3.63, 3.8) is 0 Å². The summed E-state index contributed by atoms with van der Waals surface area (Å²) in [6.45, 7) is 10.4. The summed E-state index contributed by atoms with van der Waals surface area (Å²) in [5.74, 6) is 0.0738. The van der Waals surface area contributed by atoms with E-state index in [-0.39, 0.29) is 17.9 Å². The van der Waals surface area contributed by atoms with Crippen LogP contribution < -0.4 is 11.1 Å². The van der Waals surface area contributed by atoms with Gasteiger partial charge in [0.2, 0.25) is 5.91 Å². The maximum absolute atomic E-state index is 12.0. The third-order valence-electron chi connectivity index (χ3n) is 4.18. The Bertz CT molecular complexity index is 346.